The van der Waals surface area contributed by atoms with Gasteiger partial charge < -0.3 is 16.2 Å². The Morgan fingerprint density at radius 3 is 3.18 bits per heavy atom. The van der Waals surface area contributed by atoms with Gasteiger partial charge in [-0.15, -0.1) is 5.10 Å². The molecule has 0 saturated heterocycles. The van der Waals surface area contributed by atoms with Gasteiger partial charge in [0.2, 0.25) is 11.9 Å². The Labute approximate surface area is 97.3 Å². The number of aliphatic hydroxyl groups is 1. The molecule has 0 aliphatic carbocycles. The summed E-state index contributed by atoms with van der Waals surface area (Å²) in [5.74, 6) is -0.437. The number of anilines is 1. The summed E-state index contributed by atoms with van der Waals surface area (Å²) in [6.45, 7) is 1.95. The molecule has 17 heavy (non-hydrogen) atoms. The molecule has 0 aliphatic rings. The molecule has 2 aromatic heterocycles. The lowest BCUT2D eigenvalue weighted by Gasteiger charge is -2.05. The lowest BCUT2D eigenvalue weighted by Crippen LogP contribution is -2.34. The SMILES string of the molecule is Cc1ccn2nc(NCC(O)C(N)=O)nc2c1. The largest absolute Gasteiger partial charge is 0.381 e. The summed E-state index contributed by atoms with van der Waals surface area (Å²) in [5, 5.41) is 16.1. The standard InChI is InChI=1S/C10H13N5O2/c1-6-2-3-15-8(4-6)13-10(14-15)12-5-7(16)9(11)17/h2-4,7,16H,5H2,1H3,(H2,11,17)(H,12,14). The number of fused-ring (bicyclic) bond motifs is 1. The molecule has 0 spiro atoms. The zero-order chi connectivity index (χ0) is 12.4. The third-order valence-electron chi connectivity index (χ3n) is 2.27. The van der Waals surface area contributed by atoms with Crippen molar-refractivity contribution in [2.24, 2.45) is 5.73 Å². The second-order valence-corrected chi connectivity index (χ2v) is 3.74. The number of nitrogens with one attached hydrogen (secondary N) is 1. The van der Waals surface area contributed by atoms with E-state index >= 15 is 0 Å². The van der Waals surface area contributed by atoms with Crippen LogP contribution in [-0.4, -0.2) is 38.3 Å². The average molecular weight is 235 g/mol. The summed E-state index contributed by atoms with van der Waals surface area (Å²) in [6, 6.07) is 3.78. The highest BCUT2D eigenvalue weighted by Crippen LogP contribution is 2.07. The van der Waals surface area contributed by atoms with Crippen molar-refractivity contribution in [3.8, 4) is 0 Å². The fourth-order valence-corrected chi connectivity index (χ4v) is 1.35. The van der Waals surface area contributed by atoms with Crippen molar-refractivity contribution >= 4 is 17.5 Å². The van der Waals surface area contributed by atoms with E-state index in [-0.39, 0.29) is 6.54 Å². The minimum absolute atomic E-state index is 0.00873. The number of aromatic nitrogens is 3. The molecule has 2 rings (SSSR count). The van der Waals surface area contributed by atoms with E-state index in [1.54, 1.807) is 10.7 Å². The zero-order valence-electron chi connectivity index (χ0n) is 9.29. The summed E-state index contributed by atoms with van der Waals surface area (Å²) in [6.07, 6.45) is 0.538. The first kappa shape index (κ1) is 11.3. The van der Waals surface area contributed by atoms with Gasteiger partial charge >= 0.3 is 0 Å². The van der Waals surface area contributed by atoms with Gasteiger partial charge in [0.1, 0.15) is 6.10 Å². The van der Waals surface area contributed by atoms with E-state index < -0.39 is 12.0 Å². The van der Waals surface area contributed by atoms with Crippen LogP contribution in [0, 0.1) is 6.92 Å². The predicted octanol–water partition coefficient (Wildman–Crippen LogP) is -0.704. The molecule has 7 nitrogen and oxygen atoms in total. The highest BCUT2D eigenvalue weighted by molar-refractivity contribution is 5.79. The van der Waals surface area contributed by atoms with Crippen LogP contribution >= 0.6 is 0 Å². The number of hydrogen-bond acceptors (Lipinski definition) is 5. The van der Waals surface area contributed by atoms with Crippen LogP contribution in [0.4, 0.5) is 5.95 Å². The first-order chi connectivity index (χ1) is 8.06. The van der Waals surface area contributed by atoms with Gasteiger partial charge in [0.05, 0.1) is 6.54 Å². The Hall–Kier alpha value is -2.15. The van der Waals surface area contributed by atoms with Crippen LogP contribution in [-0.2, 0) is 4.79 Å². The maximum atomic E-state index is 10.6. The van der Waals surface area contributed by atoms with E-state index in [1.807, 2.05) is 19.1 Å². The van der Waals surface area contributed by atoms with Gasteiger partial charge in [-0.3, -0.25) is 4.79 Å². The van der Waals surface area contributed by atoms with E-state index in [0.29, 0.717) is 11.6 Å². The van der Waals surface area contributed by atoms with Crippen molar-refractivity contribution in [3.63, 3.8) is 0 Å². The van der Waals surface area contributed by atoms with E-state index in [0.717, 1.165) is 5.56 Å². The molecule has 0 bridgehead atoms. The van der Waals surface area contributed by atoms with E-state index in [9.17, 15) is 9.90 Å². The van der Waals surface area contributed by atoms with Crippen LogP contribution in [0.2, 0.25) is 0 Å². The minimum Gasteiger partial charge on any atom is -0.381 e. The molecule has 0 aliphatic heterocycles. The summed E-state index contributed by atoms with van der Waals surface area (Å²) in [4.78, 5) is 14.8. The van der Waals surface area contributed by atoms with Crippen molar-refractivity contribution < 1.29 is 9.90 Å². The number of pyridine rings is 1. The lowest BCUT2D eigenvalue weighted by molar-refractivity contribution is -0.125. The van der Waals surface area contributed by atoms with Crippen LogP contribution in [0.25, 0.3) is 5.65 Å². The first-order valence-corrected chi connectivity index (χ1v) is 5.10. The van der Waals surface area contributed by atoms with Gasteiger partial charge in [-0.1, -0.05) is 0 Å². The number of carbonyl (C=O) groups is 1. The highest BCUT2D eigenvalue weighted by Gasteiger charge is 2.11. The molecule has 4 N–H and O–H groups in total. The number of nitrogens with two attached hydrogens (primary N) is 1. The number of aryl methyl sites for hydroxylation is 1. The van der Waals surface area contributed by atoms with Gasteiger partial charge in [0.15, 0.2) is 5.65 Å². The Kier molecular flexibility index (Phi) is 2.92. The van der Waals surface area contributed by atoms with E-state index in [1.165, 1.54) is 0 Å². The third-order valence-corrected chi connectivity index (χ3v) is 2.27. The van der Waals surface area contributed by atoms with Gasteiger partial charge in [-0.05, 0) is 24.6 Å². The Morgan fingerprint density at radius 2 is 2.47 bits per heavy atom. The van der Waals surface area contributed by atoms with Crippen LogP contribution in [0.15, 0.2) is 18.3 Å². The molecule has 1 amide bonds. The van der Waals surface area contributed by atoms with Crippen LogP contribution in [0.3, 0.4) is 0 Å². The number of hydrogen-bond donors (Lipinski definition) is 3. The number of carbonyl (C=O) groups excluding carboxylic acids is 1. The lowest BCUT2D eigenvalue weighted by atomic mass is 10.3. The minimum atomic E-state index is -1.25. The Morgan fingerprint density at radius 1 is 1.71 bits per heavy atom. The molecule has 2 heterocycles. The van der Waals surface area contributed by atoms with Gasteiger partial charge in [0.25, 0.3) is 0 Å². The normalized spacial score (nSPS) is 12.6. The smallest absolute Gasteiger partial charge is 0.248 e. The Bertz CT molecular complexity index is 551. The summed E-state index contributed by atoms with van der Waals surface area (Å²) < 4.78 is 1.60. The van der Waals surface area contributed by atoms with E-state index in [2.05, 4.69) is 15.4 Å². The monoisotopic (exact) mass is 235 g/mol. The second kappa shape index (κ2) is 4.38. The van der Waals surface area contributed by atoms with E-state index in [4.69, 9.17) is 5.73 Å². The van der Waals surface area contributed by atoms with Crippen LogP contribution in [0.5, 0.6) is 0 Å². The van der Waals surface area contributed by atoms with Gasteiger partial charge in [0, 0.05) is 6.20 Å². The van der Waals surface area contributed by atoms with Crippen molar-refractivity contribution in [2.45, 2.75) is 13.0 Å². The fourth-order valence-electron chi connectivity index (χ4n) is 1.35. The molecule has 0 aromatic carbocycles. The summed E-state index contributed by atoms with van der Waals surface area (Å²) in [5.41, 5.74) is 6.69. The molecule has 1 unspecified atom stereocenters. The molecule has 7 heteroatoms. The summed E-state index contributed by atoms with van der Waals surface area (Å²) >= 11 is 0. The number of rotatable bonds is 4. The number of nitrogens with zero attached hydrogens (tertiary/aromatic N) is 3. The highest BCUT2D eigenvalue weighted by atomic mass is 16.3. The Balaban J connectivity index is 2.12. The quantitative estimate of drug-likeness (QED) is 0.649. The number of amides is 1. The second-order valence-electron chi connectivity index (χ2n) is 3.74. The van der Waals surface area contributed by atoms with Crippen molar-refractivity contribution in [2.75, 3.05) is 11.9 Å². The van der Waals surface area contributed by atoms with Crippen LogP contribution < -0.4 is 11.1 Å². The predicted molar refractivity (Wildman–Crippen MR) is 61.4 cm³/mol. The van der Waals surface area contributed by atoms with Crippen LogP contribution in [0.1, 0.15) is 5.56 Å². The third kappa shape index (κ3) is 2.51. The first-order valence-electron chi connectivity index (χ1n) is 5.10. The number of primary amides is 1. The number of aliphatic hydroxyl groups excluding tert-OH is 1. The zero-order valence-corrected chi connectivity index (χ0v) is 9.29. The average Bonchev–Trinajstić information content (AvgIpc) is 2.67. The van der Waals surface area contributed by atoms with Crippen molar-refractivity contribution in [1.29, 1.82) is 0 Å². The molecule has 90 valence electrons. The van der Waals surface area contributed by atoms with Crippen molar-refractivity contribution in [1.82, 2.24) is 14.6 Å². The molecular weight excluding hydrogens is 222 g/mol. The van der Waals surface area contributed by atoms with Gasteiger partial charge in [-0.25, -0.2) is 4.52 Å². The summed E-state index contributed by atoms with van der Waals surface area (Å²) in [7, 11) is 0. The molecule has 0 radical (unpaired) electrons. The fraction of sp³-hybridized carbons (Fsp3) is 0.300. The molecule has 1 atom stereocenters. The van der Waals surface area contributed by atoms with Crippen molar-refractivity contribution in [3.05, 3.63) is 23.9 Å². The maximum absolute atomic E-state index is 10.6. The van der Waals surface area contributed by atoms with Gasteiger partial charge in [-0.2, -0.15) is 4.98 Å². The molecular formula is C10H13N5O2. The topological polar surface area (TPSA) is 106 Å². The molecule has 0 saturated carbocycles. The molecule has 2 aromatic rings. The molecule has 0 fully saturated rings. The maximum Gasteiger partial charge on any atom is 0.248 e.